The lowest BCUT2D eigenvalue weighted by atomic mass is 10.0. The van der Waals surface area contributed by atoms with Gasteiger partial charge in [0.05, 0.1) is 18.1 Å². The maximum Gasteiger partial charge on any atom is 0.253 e. The number of H-pyrrole nitrogens is 1. The van der Waals surface area contributed by atoms with Crippen molar-refractivity contribution in [3.8, 4) is 0 Å². The maximum atomic E-state index is 13.0. The van der Waals surface area contributed by atoms with Gasteiger partial charge in [-0.1, -0.05) is 72.8 Å². The molecule has 4 aromatic rings. The van der Waals surface area contributed by atoms with E-state index >= 15 is 0 Å². The van der Waals surface area contributed by atoms with Crippen molar-refractivity contribution in [3.05, 3.63) is 117 Å². The summed E-state index contributed by atoms with van der Waals surface area (Å²) in [6.07, 6.45) is 0. The first-order valence-corrected chi connectivity index (χ1v) is 11.6. The van der Waals surface area contributed by atoms with Gasteiger partial charge in [0.25, 0.3) is 5.56 Å². The van der Waals surface area contributed by atoms with E-state index in [1.807, 2.05) is 49.4 Å². The second-order valence-corrected chi connectivity index (χ2v) is 8.91. The molecule has 0 aliphatic heterocycles. The van der Waals surface area contributed by atoms with E-state index in [1.165, 1.54) is 0 Å². The molecule has 0 saturated heterocycles. The highest BCUT2D eigenvalue weighted by Crippen LogP contribution is 2.20. The second-order valence-electron chi connectivity index (χ2n) is 8.52. The molecule has 0 spiro atoms. The number of rotatable bonds is 6. The average molecular weight is 456 g/mol. The summed E-state index contributed by atoms with van der Waals surface area (Å²) in [7, 11) is 0. The summed E-state index contributed by atoms with van der Waals surface area (Å²) < 4.78 is 0. The summed E-state index contributed by atoms with van der Waals surface area (Å²) in [6, 6.07) is 26.6. The molecule has 1 atom stereocenters. The lowest BCUT2D eigenvalue weighted by Gasteiger charge is -2.28. The lowest BCUT2D eigenvalue weighted by molar-refractivity contribution is 0.392. The standard InChI is InChI=1S/C28H29N3OS/c1-19-14-15-24-16-25(27(32)30-26(24)20(19)2)18-31(17-22-10-6-4-7-11-22)28(33)29-21(3)23-12-8-5-9-13-23/h4-16,21H,17-18H2,1-3H3,(H,29,33)(H,30,32). The Morgan fingerprint density at radius 1 is 0.970 bits per heavy atom. The fourth-order valence-electron chi connectivity index (χ4n) is 4.00. The fraction of sp³-hybridized carbons (Fsp3) is 0.214. The zero-order valence-electron chi connectivity index (χ0n) is 19.3. The molecular weight excluding hydrogens is 426 g/mol. The smallest absolute Gasteiger partial charge is 0.253 e. The predicted octanol–water partition coefficient (Wildman–Crippen LogP) is 5.78. The van der Waals surface area contributed by atoms with Crippen LogP contribution in [0.2, 0.25) is 0 Å². The van der Waals surface area contributed by atoms with Crippen molar-refractivity contribution >= 4 is 28.2 Å². The number of nitrogens with one attached hydrogen (secondary N) is 2. The van der Waals surface area contributed by atoms with E-state index < -0.39 is 0 Å². The molecule has 2 N–H and O–H groups in total. The molecule has 33 heavy (non-hydrogen) atoms. The number of aromatic nitrogens is 1. The van der Waals surface area contributed by atoms with Gasteiger partial charge < -0.3 is 15.2 Å². The van der Waals surface area contributed by atoms with Gasteiger partial charge in [0, 0.05) is 12.1 Å². The summed E-state index contributed by atoms with van der Waals surface area (Å²) in [5.41, 5.74) is 6.08. The Morgan fingerprint density at radius 3 is 2.33 bits per heavy atom. The summed E-state index contributed by atoms with van der Waals surface area (Å²) in [5, 5.41) is 5.11. The van der Waals surface area contributed by atoms with Crippen molar-refractivity contribution in [1.82, 2.24) is 15.2 Å². The van der Waals surface area contributed by atoms with Crippen molar-refractivity contribution in [2.24, 2.45) is 0 Å². The van der Waals surface area contributed by atoms with Crippen molar-refractivity contribution in [2.75, 3.05) is 0 Å². The minimum Gasteiger partial charge on any atom is -0.356 e. The Bertz CT molecular complexity index is 1320. The Hall–Kier alpha value is -3.44. The van der Waals surface area contributed by atoms with Crippen molar-refractivity contribution in [3.63, 3.8) is 0 Å². The first-order chi connectivity index (χ1) is 15.9. The van der Waals surface area contributed by atoms with Crippen LogP contribution in [0.3, 0.4) is 0 Å². The minimum atomic E-state index is -0.0758. The van der Waals surface area contributed by atoms with Gasteiger partial charge in [0.15, 0.2) is 5.11 Å². The summed E-state index contributed by atoms with van der Waals surface area (Å²) in [4.78, 5) is 18.2. The number of nitrogens with zero attached hydrogens (tertiary/aromatic N) is 1. The van der Waals surface area contributed by atoms with Crippen LogP contribution >= 0.6 is 12.2 Å². The van der Waals surface area contributed by atoms with E-state index in [0.717, 1.165) is 33.2 Å². The molecule has 3 aromatic carbocycles. The number of thiocarbonyl (C=S) groups is 1. The van der Waals surface area contributed by atoms with Gasteiger partial charge in [-0.2, -0.15) is 0 Å². The lowest BCUT2D eigenvalue weighted by Crippen LogP contribution is -2.41. The van der Waals surface area contributed by atoms with Crippen LogP contribution in [0.1, 0.15) is 40.8 Å². The SMILES string of the molecule is Cc1ccc2cc(CN(Cc3ccccc3)C(=S)NC(C)c3ccccc3)c(=O)[nH]c2c1C. The van der Waals surface area contributed by atoms with Crippen LogP contribution in [0, 0.1) is 13.8 Å². The fourth-order valence-corrected chi connectivity index (χ4v) is 4.30. The predicted molar refractivity (Wildman–Crippen MR) is 140 cm³/mol. The zero-order valence-corrected chi connectivity index (χ0v) is 20.1. The molecule has 0 aliphatic rings. The van der Waals surface area contributed by atoms with E-state index in [0.29, 0.717) is 23.8 Å². The molecule has 4 rings (SSSR count). The van der Waals surface area contributed by atoms with Gasteiger partial charge in [-0.25, -0.2) is 0 Å². The van der Waals surface area contributed by atoms with Crippen LogP contribution in [0.25, 0.3) is 10.9 Å². The molecule has 0 radical (unpaired) electrons. The van der Waals surface area contributed by atoms with Crippen molar-refractivity contribution in [2.45, 2.75) is 39.9 Å². The Kier molecular flexibility index (Phi) is 6.90. The minimum absolute atomic E-state index is 0.0532. The molecule has 0 saturated carbocycles. The van der Waals surface area contributed by atoms with Gasteiger partial charge in [0.1, 0.15) is 0 Å². The highest BCUT2D eigenvalue weighted by Gasteiger charge is 2.17. The molecule has 168 valence electrons. The quantitative estimate of drug-likeness (QED) is 0.362. The maximum absolute atomic E-state index is 13.0. The van der Waals surface area contributed by atoms with Crippen LogP contribution in [0.4, 0.5) is 0 Å². The summed E-state index contributed by atoms with van der Waals surface area (Å²) >= 11 is 5.83. The molecule has 5 heteroatoms. The summed E-state index contributed by atoms with van der Waals surface area (Å²) in [5.74, 6) is 0. The highest BCUT2D eigenvalue weighted by atomic mass is 32.1. The van der Waals surface area contributed by atoms with Crippen molar-refractivity contribution in [1.29, 1.82) is 0 Å². The van der Waals surface area contributed by atoms with Crippen LogP contribution in [-0.2, 0) is 13.1 Å². The van der Waals surface area contributed by atoms with E-state index in [2.05, 4.69) is 65.4 Å². The van der Waals surface area contributed by atoms with Gasteiger partial charge in [0.2, 0.25) is 0 Å². The summed E-state index contributed by atoms with van der Waals surface area (Å²) in [6.45, 7) is 7.22. The number of hydrogen-bond acceptors (Lipinski definition) is 2. The molecule has 1 heterocycles. The van der Waals surface area contributed by atoms with Gasteiger partial charge in [-0.05, 0) is 66.7 Å². The first-order valence-electron chi connectivity index (χ1n) is 11.2. The first kappa shape index (κ1) is 22.7. The molecule has 1 aromatic heterocycles. The van der Waals surface area contributed by atoms with E-state index in [-0.39, 0.29) is 11.6 Å². The molecule has 0 fully saturated rings. The monoisotopic (exact) mass is 455 g/mol. The van der Waals surface area contributed by atoms with E-state index in [9.17, 15) is 4.79 Å². The number of benzene rings is 3. The largest absolute Gasteiger partial charge is 0.356 e. The molecular formula is C28H29N3OS. The number of pyridine rings is 1. The van der Waals surface area contributed by atoms with Crippen LogP contribution in [-0.4, -0.2) is 15.0 Å². The number of aromatic amines is 1. The molecule has 0 aliphatic carbocycles. The molecule has 4 nitrogen and oxygen atoms in total. The van der Waals surface area contributed by atoms with Crippen LogP contribution in [0.15, 0.2) is 83.7 Å². The average Bonchev–Trinajstić information content (AvgIpc) is 2.83. The highest BCUT2D eigenvalue weighted by molar-refractivity contribution is 7.80. The second kappa shape index (κ2) is 10.0. The Balaban J connectivity index is 1.63. The van der Waals surface area contributed by atoms with Gasteiger partial charge in [-0.15, -0.1) is 0 Å². The third-order valence-corrected chi connectivity index (χ3v) is 6.51. The normalized spacial score (nSPS) is 11.8. The van der Waals surface area contributed by atoms with Crippen molar-refractivity contribution < 1.29 is 0 Å². The molecule has 0 amide bonds. The van der Waals surface area contributed by atoms with Crippen LogP contribution in [0.5, 0.6) is 0 Å². The van der Waals surface area contributed by atoms with E-state index in [4.69, 9.17) is 12.2 Å². The third kappa shape index (κ3) is 5.32. The third-order valence-electron chi connectivity index (χ3n) is 6.13. The number of fused-ring (bicyclic) bond motifs is 1. The van der Waals surface area contributed by atoms with E-state index in [1.54, 1.807) is 0 Å². The van der Waals surface area contributed by atoms with Gasteiger partial charge >= 0.3 is 0 Å². The molecule has 0 bridgehead atoms. The van der Waals surface area contributed by atoms with Crippen LogP contribution < -0.4 is 10.9 Å². The topological polar surface area (TPSA) is 48.1 Å². The number of aryl methyl sites for hydroxylation is 2. The zero-order chi connectivity index (χ0) is 23.4. The Labute approximate surface area is 200 Å². The number of hydrogen-bond donors (Lipinski definition) is 2. The molecule has 1 unspecified atom stereocenters. The Morgan fingerprint density at radius 2 is 1.64 bits per heavy atom. The van der Waals surface area contributed by atoms with Gasteiger partial charge in [-0.3, -0.25) is 4.79 Å².